The van der Waals surface area contributed by atoms with Crippen LogP contribution in [0.1, 0.15) is 200 Å². The molecule has 0 aromatic rings. The topological polar surface area (TPSA) is 178 Å². The van der Waals surface area contributed by atoms with Crippen molar-refractivity contribution in [2.24, 2.45) is 0 Å². The lowest BCUT2D eigenvalue weighted by atomic mass is 9.99. The van der Waals surface area contributed by atoms with Gasteiger partial charge in [0.05, 0.1) is 19.8 Å². The molecule has 1 saturated heterocycles. The summed E-state index contributed by atoms with van der Waals surface area (Å²) in [5, 5.41) is 30.8. The van der Waals surface area contributed by atoms with E-state index in [1.165, 1.54) is 89.9 Å². The molecule has 6 atom stereocenters. The number of aliphatic hydroxyl groups excluding tert-OH is 3. The van der Waals surface area contributed by atoms with E-state index in [-0.39, 0.29) is 19.6 Å². The van der Waals surface area contributed by atoms with Gasteiger partial charge in [0.1, 0.15) is 30.5 Å². The van der Waals surface area contributed by atoms with E-state index in [4.69, 9.17) is 18.9 Å². The monoisotopic (exact) mass is 1020 g/mol. The maximum atomic E-state index is 12.9. The molecule has 0 bridgehead atoms. The number of carbonyl (C=O) groups is 1. The zero-order valence-corrected chi connectivity index (χ0v) is 44.8. The molecule has 408 valence electrons. The van der Waals surface area contributed by atoms with Crippen LogP contribution in [0.2, 0.25) is 0 Å². The van der Waals surface area contributed by atoms with Gasteiger partial charge in [-0.15, -0.1) is 0 Å². The van der Waals surface area contributed by atoms with Crippen LogP contribution in [0.25, 0.3) is 0 Å². The third-order valence-electron chi connectivity index (χ3n) is 11.9. The maximum absolute atomic E-state index is 12.9. The highest BCUT2D eigenvalue weighted by Crippen LogP contribution is 2.26. The Morgan fingerprint density at radius 2 is 0.972 bits per heavy atom. The van der Waals surface area contributed by atoms with Gasteiger partial charge in [0.2, 0.25) is 0 Å². The Bertz CT molecular complexity index is 1600. The van der Waals surface area contributed by atoms with Gasteiger partial charge in [0, 0.05) is 13.0 Å². The first-order valence-electron chi connectivity index (χ1n) is 27.5. The Hall–Kier alpha value is -2.98. The SMILES string of the molecule is CC/C=C\C/C=C\C/C=C\C/C=C\C/C=C\C/C=C\C/C=C\CCCCCC(=O)OC(COCCCCCCCCCC/C=C\CCCCCCCCC)COC1OC(CO)C(O)C(OS(=O)(=O)O)C1O. The Morgan fingerprint density at radius 1 is 0.549 bits per heavy atom. The molecule has 6 unspecified atom stereocenters. The molecular weight excluding hydrogens is 921 g/mol. The first kappa shape index (κ1) is 66.0. The fourth-order valence-electron chi connectivity index (χ4n) is 7.82. The van der Waals surface area contributed by atoms with Gasteiger partial charge in [-0.2, -0.15) is 8.42 Å². The first-order valence-corrected chi connectivity index (χ1v) is 28.9. The van der Waals surface area contributed by atoms with E-state index in [0.29, 0.717) is 13.0 Å². The smallest absolute Gasteiger partial charge is 0.397 e. The normalized spacial score (nSPS) is 19.8. The van der Waals surface area contributed by atoms with Crippen molar-refractivity contribution in [1.82, 2.24) is 0 Å². The summed E-state index contributed by atoms with van der Waals surface area (Å²) >= 11 is 0. The highest BCUT2D eigenvalue weighted by atomic mass is 32.3. The van der Waals surface area contributed by atoms with Crippen molar-refractivity contribution < 1.29 is 56.2 Å². The van der Waals surface area contributed by atoms with E-state index in [9.17, 15) is 33.1 Å². The number of esters is 1. The van der Waals surface area contributed by atoms with Crippen molar-refractivity contribution in [3.05, 3.63) is 97.2 Å². The summed E-state index contributed by atoms with van der Waals surface area (Å²) in [5.74, 6) is -0.434. The minimum atomic E-state index is -5.08. The predicted octanol–water partition coefficient (Wildman–Crippen LogP) is 13.4. The van der Waals surface area contributed by atoms with Gasteiger partial charge in [-0.05, 0) is 96.3 Å². The highest BCUT2D eigenvalue weighted by Gasteiger charge is 2.48. The number of rotatable bonds is 47. The second-order valence-electron chi connectivity index (χ2n) is 18.4. The zero-order valence-electron chi connectivity index (χ0n) is 44.0. The maximum Gasteiger partial charge on any atom is 0.397 e. The van der Waals surface area contributed by atoms with Crippen LogP contribution in [0.4, 0.5) is 0 Å². The van der Waals surface area contributed by atoms with Gasteiger partial charge in [0.15, 0.2) is 6.29 Å². The molecule has 0 amide bonds. The van der Waals surface area contributed by atoms with Crippen LogP contribution < -0.4 is 0 Å². The van der Waals surface area contributed by atoms with Gasteiger partial charge in [-0.25, -0.2) is 4.18 Å². The van der Waals surface area contributed by atoms with Crippen molar-refractivity contribution >= 4 is 16.4 Å². The van der Waals surface area contributed by atoms with Crippen molar-refractivity contribution in [3.63, 3.8) is 0 Å². The number of carbonyl (C=O) groups excluding carboxylic acids is 1. The quantitative estimate of drug-likeness (QED) is 0.0197. The summed E-state index contributed by atoms with van der Waals surface area (Å²) in [6, 6.07) is 0. The molecule has 1 rings (SSSR count). The van der Waals surface area contributed by atoms with Gasteiger partial charge in [-0.1, -0.05) is 195 Å². The number of hydrogen-bond acceptors (Lipinski definition) is 11. The fraction of sp³-hybridized carbons (Fsp3) is 0.707. The third kappa shape index (κ3) is 41.1. The Balaban J connectivity index is 2.38. The summed E-state index contributed by atoms with van der Waals surface area (Å²) < 4.78 is 59.3. The summed E-state index contributed by atoms with van der Waals surface area (Å²) in [6.07, 6.45) is 57.2. The largest absolute Gasteiger partial charge is 0.457 e. The summed E-state index contributed by atoms with van der Waals surface area (Å²) in [5.41, 5.74) is 0. The van der Waals surface area contributed by atoms with Crippen molar-refractivity contribution in [2.45, 2.75) is 237 Å². The highest BCUT2D eigenvalue weighted by molar-refractivity contribution is 7.80. The molecule has 0 spiro atoms. The Labute approximate surface area is 431 Å². The number of allylic oxidation sites excluding steroid dienone is 16. The molecule has 12 nitrogen and oxygen atoms in total. The van der Waals surface area contributed by atoms with Crippen molar-refractivity contribution in [2.75, 3.05) is 26.4 Å². The zero-order chi connectivity index (χ0) is 51.7. The molecule has 4 N–H and O–H groups in total. The fourth-order valence-corrected chi connectivity index (χ4v) is 8.33. The van der Waals surface area contributed by atoms with Crippen LogP contribution in [0.3, 0.4) is 0 Å². The van der Waals surface area contributed by atoms with Crippen molar-refractivity contribution in [1.29, 1.82) is 0 Å². The Morgan fingerprint density at radius 3 is 1.44 bits per heavy atom. The molecule has 71 heavy (non-hydrogen) atoms. The molecule has 0 aliphatic carbocycles. The Kier molecular flexibility index (Phi) is 44.6. The van der Waals surface area contributed by atoms with Gasteiger partial charge in [0.25, 0.3) is 0 Å². The standard InChI is InChI=1S/C58H98O12S/c1-3-5-7-9-11-13-15-17-19-21-23-24-25-26-27-28-29-31-33-35-37-39-41-43-45-47-54(60)68-52(51-67-58-56(62)57(70-71(63,64)65)55(61)53(49-59)69-58)50-66-48-46-44-42-40-38-36-34-32-30-22-20-18-16-14-12-10-8-6-4-2/h5,7,11,13,17,19-20,22-24,26-27,29,31,35,37,52-53,55-59,61-62H,3-4,6,8-10,12,14-16,18,21,25,28,30,32-34,36,38-51H2,1-2H3,(H,63,64,65)/b7-5-,13-11-,19-17-,22-20-,24-23-,27-26-,31-29-,37-35-. The van der Waals surface area contributed by atoms with E-state index in [1.54, 1.807) is 0 Å². The van der Waals surface area contributed by atoms with Crippen LogP contribution in [0, 0.1) is 0 Å². The summed E-state index contributed by atoms with van der Waals surface area (Å²) in [6.45, 7) is 3.83. The molecule has 0 saturated carbocycles. The molecule has 1 heterocycles. The van der Waals surface area contributed by atoms with Crippen molar-refractivity contribution in [3.8, 4) is 0 Å². The minimum absolute atomic E-state index is 0.0145. The average Bonchev–Trinajstić information content (AvgIpc) is 3.35. The molecule has 0 aromatic carbocycles. The molecule has 0 aromatic heterocycles. The molecule has 1 aliphatic heterocycles. The predicted molar refractivity (Wildman–Crippen MR) is 289 cm³/mol. The lowest BCUT2D eigenvalue weighted by Gasteiger charge is -2.41. The van der Waals surface area contributed by atoms with Gasteiger partial charge >= 0.3 is 16.4 Å². The molecular formula is C58H98O12S. The first-order chi connectivity index (χ1) is 34.6. The molecule has 0 radical (unpaired) electrons. The van der Waals surface area contributed by atoms with E-state index in [1.807, 2.05) is 0 Å². The average molecular weight is 1020 g/mol. The number of hydrogen-bond donors (Lipinski definition) is 4. The van der Waals surface area contributed by atoms with Gasteiger partial charge in [-0.3, -0.25) is 9.35 Å². The second-order valence-corrected chi connectivity index (χ2v) is 19.5. The third-order valence-corrected chi connectivity index (χ3v) is 12.4. The van der Waals surface area contributed by atoms with Crippen LogP contribution in [0.5, 0.6) is 0 Å². The second kappa shape index (κ2) is 48.0. The van der Waals surface area contributed by atoms with Crippen LogP contribution in [0.15, 0.2) is 97.2 Å². The van der Waals surface area contributed by atoms with E-state index >= 15 is 0 Å². The molecule has 1 fully saturated rings. The van der Waals surface area contributed by atoms with E-state index in [0.717, 1.165) is 83.5 Å². The summed E-state index contributed by atoms with van der Waals surface area (Å²) in [7, 11) is -5.08. The van der Waals surface area contributed by atoms with E-state index < -0.39 is 59.8 Å². The van der Waals surface area contributed by atoms with E-state index in [2.05, 4.69) is 115 Å². The van der Waals surface area contributed by atoms with Gasteiger partial charge < -0.3 is 34.3 Å². The van der Waals surface area contributed by atoms with Crippen LogP contribution >= 0.6 is 0 Å². The lowest BCUT2D eigenvalue weighted by Crippen LogP contribution is -2.60. The number of unbranched alkanes of at least 4 members (excludes halogenated alkanes) is 18. The summed E-state index contributed by atoms with van der Waals surface area (Å²) in [4.78, 5) is 12.9. The van der Waals surface area contributed by atoms with Crippen LogP contribution in [-0.2, 0) is 38.3 Å². The molecule has 13 heteroatoms. The number of ether oxygens (including phenoxy) is 4. The lowest BCUT2D eigenvalue weighted by molar-refractivity contribution is -0.301. The minimum Gasteiger partial charge on any atom is -0.457 e. The number of aliphatic hydroxyl groups is 3. The molecule has 1 aliphatic rings. The van der Waals surface area contributed by atoms with Crippen LogP contribution in [-0.4, -0.2) is 97.5 Å².